The van der Waals surface area contributed by atoms with Crippen LogP contribution in [0.5, 0.6) is 5.75 Å². The molecule has 0 aromatic heterocycles. The molecule has 2 aromatic rings. The Labute approximate surface area is 151 Å². The maximum absolute atomic E-state index is 11.6. The second kappa shape index (κ2) is 6.33. The highest BCUT2D eigenvalue weighted by Gasteiger charge is 2.39. The van der Waals surface area contributed by atoms with Gasteiger partial charge in [-0.25, -0.2) is 4.79 Å². The molecule has 0 radical (unpaired) electrons. The van der Waals surface area contributed by atoms with Crippen LogP contribution in [0, 0.1) is 5.92 Å². The quantitative estimate of drug-likeness (QED) is 0.495. The molecule has 0 fully saturated rings. The Bertz CT molecular complexity index is 901. The summed E-state index contributed by atoms with van der Waals surface area (Å²) in [4.78, 5) is 22.7. The average molecular weight is 349 g/mol. The largest absolute Gasteiger partial charge is 0.478 e. The first-order chi connectivity index (χ1) is 12.5. The summed E-state index contributed by atoms with van der Waals surface area (Å²) in [7, 11) is 0. The molecule has 26 heavy (non-hydrogen) atoms. The number of carbonyl (C=O) groups is 2. The van der Waals surface area contributed by atoms with E-state index in [-0.39, 0.29) is 17.9 Å². The van der Waals surface area contributed by atoms with Crippen LogP contribution in [0.2, 0.25) is 0 Å². The van der Waals surface area contributed by atoms with E-state index in [9.17, 15) is 14.7 Å². The minimum atomic E-state index is -0.932. The van der Waals surface area contributed by atoms with Gasteiger partial charge >= 0.3 is 11.9 Å². The van der Waals surface area contributed by atoms with Gasteiger partial charge in [0.25, 0.3) is 0 Å². The second-order valence-corrected chi connectivity index (χ2v) is 6.71. The van der Waals surface area contributed by atoms with Gasteiger partial charge in [0.2, 0.25) is 0 Å². The van der Waals surface area contributed by atoms with Gasteiger partial charge in [-0.1, -0.05) is 36.4 Å². The zero-order valence-corrected chi connectivity index (χ0v) is 14.3. The Morgan fingerprint density at radius 3 is 2.62 bits per heavy atom. The number of nitrogens with one attached hydrogen (secondary N) is 1. The van der Waals surface area contributed by atoms with Gasteiger partial charge in [0.1, 0.15) is 5.75 Å². The fourth-order valence-electron chi connectivity index (χ4n) is 4.04. The Kier molecular flexibility index (Phi) is 3.99. The first-order valence-corrected chi connectivity index (χ1v) is 8.62. The standard InChI is InChI=1S/C21H19NO4/c1-12(23)26-14-10-8-13(9-11-14)19-16-5-2-4-15(16)17-6-3-7-18(21(24)25)20(17)22-19/h2-4,6-11,15-16,19,22H,5H2,1H3,(H,24,25)/t15-,16-,19-/m0/s1. The van der Waals surface area contributed by atoms with E-state index in [1.165, 1.54) is 6.92 Å². The van der Waals surface area contributed by atoms with Gasteiger partial charge in [0.15, 0.2) is 0 Å². The lowest BCUT2D eigenvalue weighted by Gasteiger charge is -2.38. The van der Waals surface area contributed by atoms with Crippen LogP contribution in [-0.2, 0) is 4.79 Å². The summed E-state index contributed by atoms with van der Waals surface area (Å²) in [6, 6.07) is 12.8. The number of fused-ring (bicyclic) bond motifs is 3. The number of carbonyl (C=O) groups excluding carboxylic acids is 1. The average Bonchev–Trinajstić information content (AvgIpc) is 3.10. The van der Waals surface area contributed by atoms with E-state index in [1.54, 1.807) is 24.3 Å². The van der Waals surface area contributed by atoms with Crippen LogP contribution in [-0.4, -0.2) is 17.0 Å². The molecular weight excluding hydrogens is 330 g/mol. The number of aromatic carboxylic acids is 1. The lowest BCUT2D eigenvalue weighted by atomic mass is 9.76. The first kappa shape index (κ1) is 16.4. The molecule has 0 saturated carbocycles. The van der Waals surface area contributed by atoms with E-state index >= 15 is 0 Å². The minimum absolute atomic E-state index is 0.00521. The van der Waals surface area contributed by atoms with Gasteiger partial charge in [0, 0.05) is 12.8 Å². The third-order valence-corrected chi connectivity index (χ3v) is 5.13. The molecule has 4 rings (SSSR count). The van der Waals surface area contributed by atoms with Crippen molar-refractivity contribution in [2.45, 2.75) is 25.3 Å². The van der Waals surface area contributed by atoms with Gasteiger partial charge in [-0.3, -0.25) is 4.79 Å². The highest BCUT2D eigenvalue weighted by molar-refractivity contribution is 5.95. The SMILES string of the molecule is CC(=O)Oc1ccc([C@@H]2Nc3c(C(=O)O)cccc3[C@H]3C=CC[C@@H]32)cc1. The van der Waals surface area contributed by atoms with Crippen molar-refractivity contribution >= 4 is 17.6 Å². The van der Waals surface area contributed by atoms with Gasteiger partial charge in [-0.2, -0.15) is 0 Å². The molecule has 3 atom stereocenters. The van der Waals surface area contributed by atoms with Crippen LogP contribution in [0.15, 0.2) is 54.6 Å². The Morgan fingerprint density at radius 2 is 1.92 bits per heavy atom. The number of ether oxygens (including phenoxy) is 1. The smallest absolute Gasteiger partial charge is 0.337 e. The minimum Gasteiger partial charge on any atom is -0.478 e. The molecule has 1 aliphatic carbocycles. The molecule has 0 saturated heterocycles. The van der Waals surface area contributed by atoms with Crippen molar-refractivity contribution in [2.24, 2.45) is 5.92 Å². The van der Waals surface area contributed by atoms with E-state index in [0.29, 0.717) is 22.9 Å². The van der Waals surface area contributed by atoms with E-state index in [4.69, 9.17) is 4.74 Å². The molecule has 2 aromatic carbocycles. The van der Waals surface area contributed by atoms with Gasteiger partial charge in [0.05, 0.1) is 17.3 Å². The summed E-state index contributed by atoms with van der Waals surface area (Å²) in [6.07, 6.45) is 5.28. The Morgan fingerprint density at radius 1 is 1.15 bits per heavy atom. The summed E-state index contributed by atoms with van der Waals surface area (Å²) in [6.45, 7) is 1.37. The van der Waals surface area contributed by atoms with E-state index in [0.717, 1.165) is 17.5 Å². The molecule has 5 heteroatoms. The lowest BCUT2D eigenvalue weighted by Crippen LogP contribution is -2.30. The van der Waals surface area contributed by atoms with Crippen molar-refractivity contribution in [1.82, 2.24) is 0 Å². The normalized spacial score (nSPS) is 22.9. The number of carboxylic acid groups (broad SMARTS) is 1. The van der Waals surface area contributed by atoms with Crippen molar-refractivity contribution in [2.75, 3.05) is 5.32 Å². The van der Waals surface area contributed by atoms with Gasteiger partial charge in [-0.15, -0.1) is 0 Å². The van der Waals surface area contributed by atoms with E-state index in [1.807, 2.05) is 18.2 Å². The van der Waals surface area contributed by atoms with E-state index in [2.05, 4.69) is 17.5 Å². The van der Waals surface area contributed by atoms with Crippen molar-refractivity contribution < 1.29 is 19.4 Å². The molecule has 0 amide bonds. The van der Waals surface area contributed by atoms with Gasteiger partial charge in [-0.05, 0) is 41.7 Å². The summed E-state index contributed by atoms with van der Waals surface area (Å²) in [5, 5.41) is 13.0. The van der Waals surface area contributed by atoms with Crippen LogP contribution in [0.3, 0.4) is 0 Å². The van der Waals surface area contributed by atoms with Crippen LogP contribution in [0.4, 0.5) is 5.69 Å². The highest BCUT2D eigenvalue weighted by Crippen LogP contribution is 2.50. The van der Waals surface area contributed by atoms with Crippen molar-refractivity contribution in [3.05, 3.63) is 71.3 Å². The van der Waals surface area contributed by atoms with E-state index < -0.39 is 5.97 Å². The molecule has 2 aliphatic rings. The lowest BCUT2D eigenvalue weighted by molar-refractivity contribution is -0.131. The molecule has 1 aliphatic heterocycles. The summed E-state index contributed by atoms with van der Waals surface area (Å²) < 4.78 is 5.10. The van der Waals surface area contributed by atoms with Crippen molar-refractivity contribution in [3.63, 3.8) is 0 Å². The highest BCUT2D eigenvalue weighted by atomic mass is 16.5. The number of anilines is 1. The first-order valence-electron chi connectivity index (χ1n) is 8.62. The molecule has 0 spiro atoms. The number of para-hydroxylation sites is 1. The van der Waals surface area contributed by atoms with Crippen LogP contribution >= 0.6 is 0 Å². The topological polar surface area (TPSA) is 75.6 Å². The fraction of sp³-hybridized carbons (Fsp3) is 0.238. The number of hydrogen-bond acceptors (Lipinski definition) is 4. The Balaban J connectivity index is 1.72. The number of allylic oxidation sites excluding steroid dienone is 2. The second-order valence-electron chi connectivity index (χ2n) is 6.71. The molecule has 5 nitrogen and oxygen atoms in total. The van der Waals surface area contributed by atoms with Crippen LogP contribution in [0.25, 0.3) is 0 Å². The summed E-state index contributed by atoms with van der Waals surface area (Å²) >= 11 is 0. The predicted octanol–water partition coefficient (Wildman–Crippen LogP) is 4.14. The Hall–Kier alpha value is -3.08. The molecule has 132 valence electrons. The maximum Gasteiger partial charge on any atom is 0.337 e. The predicted molar refractivity (Wildman–Crippen MR) is 97.5 cm³/mol. The monoisotopic (exact) mass is 349 g/mol. The van der Waals surface area contributed by atoms with Crippen molar-refractivity contribution in [1.29, 1.82) is 0 Å². The molecular formula is C21H19NO4. The molecule has 1 heterocycles. The third-order valence-electron chi connectivity index (χ3n) is 5.13. The number of rotatable bonds is 3. The molecule has 2 N–H and O–H groups in total. The summed E-state index contributed by atoms with van der Waals surface area (Å²) in [5.41, 5.74) is 3.08. The van der Waals surface area contributed by atoms with Crippen LogP contribution < -0.4 is 10.1 Å². The van der Waals surface area contributed by atoms with Crippen LogP contribution in [0.1, 0.15) is 46.8 Å². The fourth-order valence-corrected chi connectivity index (χ4v) is 4.04. The number of hydrogen-bond donors (Lipinski definition) is 2. The van der Waals surface area contributed by atoms with Gasteiger partial charge < -0.3 is 15.2 Å². The number of carboxylic acids is 1. The number of esters is 1. The zero-order valence-electron chi connectivity index (χ0n) is 14.3. The third kappa shape index (κ3) is 2.75. The maximum atomic E-state index is 11.6. The molecule has 0 bridgehead atoms. The molecule has 0 unspecified atom stereocenters. The zero-order chi connectivity index (χ0) is 18.3. The summed E-state index contributed by atoms with van der Waals surface area (Å²) in [5.74, 6) is -0.257. The number of benzene rings is 2. The van der Waals surface area contributed by atoms with Crippen molar-refractivity contribution in [3.8, 4) is 5.75 Å².